The number of hydrogen-bond donors (Lipinski definition) is 1. The van der Waals surface area contributed by atoms with E-state index in [0.717, 1.165) is 24.3 Å². The highest BCUT2D eigenvalue weighted by Crippen LogP contribution is 2.37. The predicted molar refractivity (Wildman–Crippen MR) is 76.5 cm³/mol. The zero-order valence-electron chi connectivity index (χ0n) is 12.2. The Morgan fingerprint density at radius 1 is 1.14 bits per heavy atom. The summed E-state index contributed by atoms with van der Waals surface area (Å²) in [4.78, 5) is 0. The number of rotatable bonds is 5. The van der Waals surface area contributed by atoms with Crippen LogP contribution in [-0.4, -0.2) is 25.9 Å². The molecule has 118 valence electrons. The van der Waals surface area contributed by atoms with Gasteiger partial charge < -0.3 is 10.1 Å². The van der Waals surface area contributed by atoms with Crippen LogP contribution in [0.5, 0.6) is 5.75 Å². The number of nitrogens with one attached hydrogen (secondary N) is 1. The van der Waals surface area contributed by atoms with Crippen molar-refractivity contribution < 1.29 is 17.9 Å². The molecule has 21 heavy (non-hydrogen) atoms. The van der Waals surface area contributed by atoms with Crippen molar-refractivity contribution in [1.82, 2.24) is 5.32 Å². The Morgan fingerprint density at radius 2 is 1.81 bits per heavy atom. The van der Waals surface area contributed by atoms with E-state index in [9.17, 15) is 13.2 Å². The molecule has 1 aliphatic rings. The average molecular weight is 301 g/mol. The lowest BCUT2D eigenvalue weighted by molar-refractivity contribution is -0.182. The van der Waals surface area contributed by atoms with Crippen LogP contribution >= 0.6 is 0 Å². The average Bonchev–Trinajstić information content (AvgIpc) is 2.47. The molecule has 0 heterocycles. The first-order valence-corrected chi connectivity index (χ1v) is 7.42. The molecule has 1 aliphatic carbocycles. The molecule has 0 amide bonds. The van der Waals surface area contributed by atoms with Crippen LogP contribution in [0.4, 0.5) is 13.2 Å². The van der Waals surface area contributed by atoms with E-state index in [1.807, 2.05) is 24.3 Å². The van der Waals surface area contributed by atoms with Crippen LogP contribution in [0.15, 0.2) is 24.3 Å². The third-order valence-electron chi connectivity index (χ3n) is 4.21. The fraction of sp³-hybridized carbons (Fsp3) is 0.625. The van der Waals surface area contributed by atoms with Crippen molar-refractivity contribution in [3.05, 3.63) is 29.8 Å². The largest absolute Gasteiger partial charge is 0.496 e. The summed E-state index contributed by atoms with van der Waals surface area (Å²) in [5.74, 6) is -0.246. The monoisotopic (exact) mass is 301 g/mol. The molecule has 0 saturated heterocycles. The summed E-state index contributed by atoms with van der Waals surface area (Å²) in [6.45, 7) is 0.766. The standard InChI is InChI=1S/C16H22F3NO/c1-21-15-5-3-2-4-12(15)10-11-20-14-8-6-13(7-9-14)16(17,18)19/h2-5,13-14,20H,6-11H2,1H3. The molecule has 0 atom stereocenters. The molecule has 0 spiro atoms. The van der Waals surface area contributed by atoms with Gasteiger partial charge in [-0.2, -0.15) is 13.2 Å². The highest BCUT2D eigenvalue weighted by atomic mass is 19.4. The van der Waals surface area contributed by atoms with Gasteiger partial charge in [-0.15, -0.1) is 0 Å². The first-order chi connectivity index (χ1) is 10.0. The molecule has 1 saturated carbocycles. The normalized spacial score (nSPS) is 23.0. The molecular formula is C16H22F3NO. The quantitative estimate of drug-likeness (QED) is 0.889. The van der Waals surface area contributed by atoms with E-state index in [1.54, 1.807) is 7.11 Å². The molecule has 1 fully saturated rings. The number of halogens is 3. The Kier molecular flexibility index (Phi) is 5.51. The highest BCUT2D eigenvalue weighted by molar-refractivity contribution is 5.33. The van der Waals surface area contributed by atoms with E-state index >= 15 is 0 Å². The van der Waals surface area contributed by atoms with E-state index in [0.29, 0.717) is 12.8 Å². The molecule has 0 aliphatic heterocycles. The smallest absolute Gasteiger partial charge is 0.391 e. The number of para-hydroxylation sites is 1. The second-order valence-electron chi connectivity index (χ2n) is 5.61. The van der Waals surface area contributed by atoms with Gasteiger partial charge in [-0.3, -0.25) is 0 Å². The fourth-order valence-corrected chi connectivity index (χ4v) is 2.95. The molecule has 1 N–H and O–H groups in total. The molecule has 5 heteroatoms. The minimum atomic E-state index is -4.03. The second-order valence-corrected chi connectivity index (χ2v) is 5.61. The fourth-order valence-electron chi connectivity index (χ4n) is 2.95. The molecule has 1 aromatic rings. The van der Waals surface area contributed by atoms with Gasteiger partial charge in [-0.1, -0.05) is 18.2 Å². The van der Waals surface area contributed by atoms with Gasteiger partial charge in [0.05, 0.1) is 13.0 Å². The summed E-state index contributed by atoms with van der Waals surface area (Å²) in [6.07, 6.45) is -1.50. The SMILES string of the molecule is COc1ccccc1CCNC1CCC(C(F)(F)F)CC1. The topological polar surface area (TPSA) is 21.3 Å². The Hall–Kier alpha value is -1.23. The summed E-state index contributed by atoms with van der Waals surface area (Å²) in [5, 5.41) is 3.37. The predicted octanol–water partition coefficient (Wildman–Crippen LogP) is 3.95. The lowest BCUT2D eigenvalue weighted by Gasteiger charge is -2.30. The van der Waals surface area contributed by atoms with E-state index < -0.39 is 12.1 Å². The molecule has 0 unspecified atom stereocenters. The van der Waals surface area contributed by atoms with Gasteiger partial charge in [0.15, 0.2) is 0 Å². The van der Waals surface area contributed by atoms with Crippen LogP contribution in [0.2, 0.25) is 0 Å². The molecular weight excluding hydrogens is 279 g/mol. The van der Waals surface area contributed by atoms with Gasteiger partial charge in [-0.25, -0.2) is 0 Å². The van der Waals surface area contributed by atoms with Crippen molar-refractivity contribution in [2.24, 2.45) is 5.92 Å². The van der Waals surface area contributed by atoms with Crippen molar-refractivity contribution in [2.45, 2.75) is 44.3 Å². The molecule has 1 aromatic carbocycles. The third-order valence-corrected chi connectivity index (χ3v) is 4.21. The van der Waals surface area contributed by atoms with Crippen LogP contribution in [-0.2, 0) is 6.42 Å². The highest BCUT2D eigenvalue weighted by Gasteiger charge is 2.41. The summed E-state index contributed by atoms with van der Waals surface area (Å²) >= 11 is 0. The van der Waals surface area contributed by atoms with Gasteiger partial charge in [0.1, 0.15) is 5.75 Å². The Labute approximate surface area is 123 Å². The Bertz CT molecular complexity index is 439. The summed E-state index contributed by atoms with van der Waals surface area (Å²) in [5.41, 5.74) is 1.12. The maximum Gasteiger partial charge on any atom is 0.391 e. The number of hydrogen-bond acceptors (Lipinski definition) is 2. The maximum atomic E-state index is 12.6. The van der Waals surface area contributed by atoms with Crippen molar-refractivity contribution in [1.29, 1.82) is 0 Å². The maximum absolute atomic E-state index is 12.6. The van der Waals surface area contributed by atoms with Gasteiger partial charge in [-0.05, 0) is 50.3 Å². The molecule has 0 radical (unpaired) electrons. The van der Waals surface area contributed by atoms with E-state index in [-0.39, 0.29) is 18.9 Å². The van der Waals surface area contributed by atoms with Gasteiger partial charge in [0, 0.05) is 6.04 Å². The van der Waals surface area contributed by atoms with Gasteiger partial charge in [0.25, 0.3) is 0 Å². The third kappa shape index (κ3) is 4.63. The van der Waals surface area contributed by atoms with E-state index in [4.69, 9.17) is 4.74 Å². The van der Waals surface area contributed by atoms with Crippen molar-refractivity contribution in [2.75, 3.05) is 13.7 Å². The Balaban J connectivity index is 1.73. The molecule has 0 bridgehead atoms. The minimum absolute atomic E-state index is 0.207. The number of alkyl halides is 3. The molecule has 2 nitrogen and oxygen atoms in total. The molecule has 0 aromatic heterocycles. The minimum Gasteiger partial charge on any atom is -0.496 e. The Morgan fingerprint density at radius 3 is 2.43 bits per heavy atom. The van der Waals surface area contributed by atoms with Crippen LogP contribution in [0, 0.1) is 5.92 Å². The van der Waals surface area contributed by atoms with Crippen LogP contribution < -0.4 is 10.1 Å². The van der Waals surface area contributed by atoms with E-state index in [2.05, 4.69) is 5.32 Å². The van der Waals surface area contributed by atoms with Gasteiger partial charge >= 0.3 is 6.18 Å². The zero-order chi connectivity index (χ0) is 15.3. The second kappa shape index (κ2) is 7.16. The summed E-state index contributed by atoms with van der Waals surface area (Å²) in [6, 6.07) is 8.03. The van der Waals surface area contributed by atoms with Gasteiger partial charge in [0.2, 0.25) is 0 Å². The number of ether oxygens (including phenoxy) is 1. The zero-order valence-corrected chi connectivity index (χ0v) is 12.2. The van der Waals surface area contributed by atoms with Crippen LogP contribution in [0.25, 0.3) is 0 Å². The summed E-state index contributed by atoms with van der Waals surface area (Å²) in [7, 11) is 1.64. The lowest BCUT2D eigenvalue weighted by Crippen LogP contribution is -2.37. The van der Waals surface area contributed by atoms with Crippen LogP contribution in [0.1, 0.15) is 31.2 Å². The number of methoxy groups -OCH3 is 1. The number of benzene rings is 1. The first-order valence-electron chi connectivity index (χ1n) is 7.42. The van der Waals surface area contributed by atoms with Crippen LogP contribution in [0.3, 0.4) is 0 Å². The summed E-state index contributed by atoms with van der Waals surface area (Å²) < 4.78 is 43.1. The molecule has 2 rings (SSSR count). The first kappa shape index (κ1) is 16.1. The van der Waals surface area contributed by atoms with E-state index in [1.165, 1.54) is 0 Å². The van der Waals surface area contributed by atoms with Crippen molar-refractivity contribution in [3.8, 4) is 5.75 Å². The lowest BCUT2D eigenvalue weighted by atomic mass is 9.85. The van der Waals surface area contributed by atoms with Crippen molar-refractivity contribution in [3.63, 3.8) is 0 Å². The van der Waals surface area contributed by atoms with Crippen molar-refractivity contribution >= 4 is 0 Å².